The number of nitrogens with one attached hydrogen (secondary N) is 1. The monoisotopic (exact) mass is 343 g/mol. The van der Waals surface area contributed by atoms with Crippen molar-refractivity contribution < 1.29 is 23.8 Å². The van der Waals surface area contributed by atoms with Crippen LogP contribution in [0, 0.1) is 5.92 Å². The van der Waals surface area contributed by atoms with Crippen molar-refractivity contribution in [3.63, 3.8) is 0 Å². The third-order valence-electron chi connectivity index (χ3n) is 3.43. The summed E-state index contributed by atoms with van der Waals surface area (Å²) in [5.41, 5.74) is 1.29. The van der Waals surface area contributed by atoms with E-state index >= 15 is 0 Å². The number of methoxy groups -OCH3 is 3. The second-order valence-corrected chi connectivity index (χ2v) is 6.41. The van der Waals surface area contributed by atoms with Crippen molar-refractivity contribution in [2.45, 2.75) is 12.8 Å². The predicted molar refractivity (Wildman–Crippen MR) is 86.7 cm³/mol. The Bertz CT molecular complexity index is 611. The Labute approximate surface area is 137 Å². The topological polar surface area (TPSA) is 73.9 Å². The molecule has 1 aliphatic rings. The number of thiophene rings is 1. The van der Waals surface area contributed by atoms with E-state index in [1.165, 1.54) is 25.6 Å². The number of esters is 2. The van der Waals surface area contributed by atoms with Crippen LogP contribution in [0.1, 0.15) is 20.8 Å². The predicted octanol–water partition coefficient (Wildman–Crippen LogP) is 1.81. The molecule has 0 bridgehead atoms. The number of ether oxygens (including phenoxy) is 3. The van der Waals surface area contributed by atoms with Gasteiger partial charge in [-0.05, 0) is 18.4 Å². The second-order valence-electron chi connectivity index (χ2n) is 4.81. The zero-order valence-electron chi connectivity index (χ0n) is 12.6. The molecule has 8 heteroatoms. The highest BCUT2D eigenvalue weighted by Crippen LogP contribution is 2.41. The molecule has 1 atom stereocenters. The van der Waals surface area contributed by atoms with Crippen molar-refractivity contribution in [3.05, 3.63) is 16.0 Å². The number of carbonyl (C=O) groups excluding carboxylic acids is 2. The highest BCUT2D eigenvalue weighted by atomic mass is 32.1. The smallest absolute Gasteiger partial charge is 0.341 e. The number of fused-ring (bicyclic) bond motifs is 1. The minimum atomic E-state index is -0.439. The van der Waals surface area contributed by atoms with Crippen LogP contribution in [-0.2, 0) is 31.8 Å². The zero-order valence-corrected chi connectivity index (χ0v) is 14.2. The van der Waals surface area contributed by atoms with Gasteiger partial charge in [0.1, 0.15) is 9.99 Å². The van der Waals surface area contributed by atoms with Gasteiger partial charge in [-0.2, -0.15) is 0 Å². The molecule has 1 aliphatic carbocycles. The van der Waals surface area contributed by atoms with E-state index in [0.717, 1.165) is 10.4 Å². The summed E-state index contributed by atoms with van der Waals surface area (Å²) in [6.45, 7) is 0.267. The number of thiocarbonyl (C=S) groups is 1. The van der Waals surface area contributed by atoms with Crippen molar-refractivity contribution in [2.24, 2.45) is 5.92 Å². The first-order valence-electron chi connectivity index (χ1n) is 6.61. The molecule has 1 unspecified atom stereocenters. The Morgan fingerprint density at radius 2 is 2.00 bits per heavy atom. The normalized spacial score (nSPS) is 16.0. The van der Waals surface area contributed by atoms with E-state index < -0.39 is 5.97 Å². The molecule has 120 valence electrons. The highest BCUT2D eigenvalue weighted by Gasteiger charge is 2.35. The summed E-state index contributed by atoms with van der Waals surface area (Å²) in [7, 11) is 4.24. The van der Waals surface area contributed by atoms with Crippen LogP contribution in [0.2, 0.25) is 0 Å². The average Bonchev–Trinajstić information content (AvgIpc) is 3.03. The molecule has 0 aliphatic heterocycles. The summed E-state index contributed by atoms with van der Waals surface area (Å²) in [6.07, 6.45) is 1.04. The van der Waals surface area contributed by atoms with Crippen molar-refractivity contribution in [2.75, 3.05) is 33.3 Å². The number of hydrogen-bond acceptors (Lipinski definition) is 7. The maximum absolute atomic E-state index is 12.1. The third kappa shape index (κ3) is 3.29. The Balaban J connectivity index is 2.30. The summed E-state index contributed by atoms with van der Waals surface area (Å²) >= 11 is 6.57. The van der Waals surface area contributed by atoms with Crippen molar-refractivity contribution in [3.8, 4) is 0 Å². The lowest BCUT2D eigenvalue weighted by molar-refractivity contribution is -0.145. The fraction of sp³-hybridized carbons (Fsp3) is 0.500. The quantitative estimate of drug-likeness (QED) is 0.645. The Morgan fingerprint density at radius 3 is 2.59 bits per heavy atom. The molecule has 0 amide bonds. The largest absolute Gasteiger partial charge is 0.469 e. The SMILES string of the molecule is COCC(=S)Nc1sc2c(c1C(=O)OC)CC(C(=O)OC)C2. The lowest BCUT2D eigenvalue weighted by Gasteiger charge is -2.10. The van der Waals surface area contributed by atoms with Crippen molar-refractivity contribution >= 4 is 45.5 Å². The van der Waals surface area contributed by atoms with Crippen molar-refractivity contribution in [1.82, 2.24) is 0 Å². The van der Waals surface area contributed by atoms with Gasteiger partial charge in [-0.1, -0.05) is 12.2 Å². The van der Waals surface area contributed by atoms with Crippen LogP contribution >= 0.6 is 23.6 Å². The average molecular weight is 343 g/mol. The molecule has 1 N–H and O–H groups in total. The third-order valence-corrected chi connectivity index (χ3v) is 4.82. The number of anilines is 1. The first-order valence-corrected chi connectivity index (χ1v) is 7.83. The van der Waals surface area contributed by atoms with Gasteiger partial charge >= 0.3 is 11.9 Å². The molecule has 0 spiro atoms. The lowest BCUT2D eigenvalue weighted by Crippen LogP contribution is -2.18. The van der Waals surface area contributed by atoms with E-state index in [1.807, 2.05) is 0 Å². The van der Waals surface area contributed by atoms with Gasteiger partial charge < -0.3 is 19.5 Å². The van der Waals surface area contributed by atoms with Gasteiger partial charge in [0, 0.05) is 12.0 Å². The van der Waals surface area contributed by atoms with Gasteiger partial charge in [0.25, 0.3) is 0 Å². The van der Waals surface area contributed by atoms with Gasteiger partial charge in [0.05, 0.1) is 32.3 Å². The fourth-order valence-electron chi connectivity index (χ4n) is 2.47. The molecule has 0 radical (unpaired) electrons. The molecule has 1 heterocycles. The van der Waals surface area contributed by atoms with Crippen LogP contribution in [0.3, 0.4) is 0 Å². The zero-order chi connectivity index (χ0) is 16.3. The molecule has 2 rings (SSSR count). The summed E-state index contributed by atoms with van der Waals surface area (Å²) in [5.74, 6) is -0.941. The summed E-state index contributed by atoms with van der Waals surface area (Å²) in [6, 6.07) is 0. The minimum Gasteiger partial charge on any atom is -0.469 e. The molecular weight excluding hydrogens is 326 g/mol. The molecule has 22 heavy (non-hydrogen) atoms. The Hall–Kier alpha value is -1.51. The number of rotatable bonds is 5. The fourth-order valence-corrected chi connectivity index (χ4v) is 4.08. The summed E-state index contributed by atoms with van der Waals surface area (Å²) in [5, 5.41) is 3.66. The molecular formula is C14H17NO5S2. The maximum Gasteiger partial charge on any atom is 0.341 e. The molecule has 0 aromatic carbocycles. The van der Waals surface area contributed by atoms with Crippen LogP contribution in [-0.4, -0.2) is 44.9 Å². The Kier molecular flexibility index (Phi) is 5.49. The van der Waals surface area contributed by atoms with Crippen LogP contribution in [0.4, 0.5) is 5.00 Å². The molecule has 6 nitrogen and oxygen atoms in total. The molecule has 1 aromatic heterocycles. The molecule has 1 aromatic rings. The van der Waals surface area contributed by atoms with E-state index in [4.69, 9.17) is 26.4 Å². The lowest BCUT2D eigenvalue weighted by atomic mass is 10.1. The summed E-state index contributed by atoms with van der Waals surface area (Å²) < 4.78 is 14.6. The van der Waals surface area contributed by atoms with Crippen molar-refractivity contribution in [1.29, 1.82) is 0 Å². The first-order chi connectivity index (χ1) is 10.5. The van der Waals surface area contributed by atoms with Gasteiger partial charge in [-0.25, -0.2) is 4.79 Å². The molecule has 0 saturated heterocycles. The highest BCUT2D eigenvalue weighted by molar-refractivity contribution is 7.80. The van der Waals surface area contributed by atoms with E-state index in [-0.39, 0.29) is 18.5 Å². The number of carbonyl (C=O) groups is 2. The summed E-state index contributed by atoms with van der Waals surface area (Å²) in [4.78, 5) is 25.3. The first kappa shape index (κ1) is 16.9. The number of hydrogen-bond donors (Lipinski definition) is 1. The molecule has 0 saturated carbocycles. The van der Waals surface area contributed by atoms with E-state index in [9.17, 15) is 9.59 Å². The second kappa shape index (κ2) is 7.17. The standard InChI is InChI=1S/C14H17NO5S2/c1-18-6-10(21)15-12-11(14(17)20-3)8-4-7(13(16)19-2)5-9(8)22-12/h7H,4-6H2,1-3H3,(H,15,21). The maximum atomic E-state index is 12.1. The van der Waals surface area contributed by atoms with E-state index in [1.54, 1.807) is 7.11 Å². The van der Waals surface area contributed by atoms with Crippen LogP contribution in [0.25, 0.3) is 0 Å². The van der Waals surface area contributed by atoms with E-state index in [2.05, 4.69) is 5.32 Å². The molecule has 0 fully saturated rings. The van der Waals surface area contributed by atoms with Crippen LogP contribution in [0.15, 0.2) is 0 Å². The minimum absolute atomic E-state index is 0.241. The van der Waals surface area contributed by atoms with Crippen LogP contribution < -0.4 is 5.32 Å². The van der Waals surface area contributed by atoms with Gasteiger partial charge in [0.2, 0.25) is 0 Å². The van der Waals surface area contributed by atoms with Gasteiger partial charge in [-0.3, -0.25) is 4.79 Å². The van der Waals surface area contributed by atoms with Gasteiger partial charge in [0.15, 0.2) is 0 Å². The van der Waals surface area contributed by atoms with E-state index in [0.29, 0.717) is 28.4 Å². The van der Waals surface area contributed by atoms with Crippen LogP contribution in [0.5, 0.6) is 0 Å². The Morgan fingerprint density at radius 1 is 1.27 bits per heavy atom. The van der Waals surface area contributed by atoms with Gasteiger partial charge in [-0.15, -0.1) is 11.3 Å².